The molecule has 0 unspecified atom stereocenters. The number of alkyl halides is 3. The summed E-state index contributed by atoms with van der Waals surface area (Å²) >= 11 is 0. The van der Waals surface area contributed by atoms with E-state index in [4.69, 9.17) is 10.5 Å². The summed E-state index contributed by atoms with van der Waals surface area (Å²) in [4.78, 5) is 20.6. The molecule has 142 valence electrons. The van der Waals surface area contributed by atoms with Crippen LogP contribution in [-0.2, 0) is 24.3 Å². The van der Waals surface area contributed by atoms with Crippen LogP contribution in [0.2, 0.25) is 0 Å². The molecule has 8 heteroatoms. The van der Waals surface area contributed by atoms with Crippen LogP contribution in [-0.4, -0.2) is 25.2 Å². The Balaban J connectivity index is 0.000000425. The fourth-order valence-electron chi connectivity index (χ4n) is 2.54. The Labute approximate surface area is 174 Å². The molecule has 28 heavy (non-hydrogen) atoms. The zero-order chi connectivity index (χ0) is 19.9. The third-order valence-corrected chi connectivity index (χ3v) is 7.34. The SMILES string of the molecule is O[Si](c1ccccc1)(c1ccccc1)c1ccccc1.[NH-]C(=O)C(F)(F)F.[Zn]. The van der Waals surface area contributed by atoms with Crippen LogP contribution in [0.25, 0.3) is 5.73 Å². The van der Waals surface area contributed by atoms with Crippen molar-refractivity contribution in [3.63, 3.8) is 0 Å². The van der Waals surface area contributed by atoms with Gasteiger partial charge in [-0.1, -0.05) is 91.0 Å². The Morgan fingerprint density at radius 1 is 0.714 bits per heavy atom. The molecule has 0 aliphatic rings. The minimum absolute atomic E-state index is 0. The van der Waals surface area contributed by atoms with Gasteiger partial charge in [0.05, 0.1) is 0 Å². The number of halogens is 3. The molecule has 0 aliphatic carbocycles. The maximum absolute atomic E-state index is 11.6. The van der Waals surface area contributed by atoms with Crippen molar-refractivity contribution >= 4 is 29.8 Å². The predicted molar refractivity (Wildman–Crippen MR) is 102 cm³/mol. The van der Waals surface area contributed by atoms with Gasteiger partial charge in [-0.3, -0.25) is 0 Å². The van der Waals surface area contributed by atoms with Crippen LogP contribution in [0.4, 0.5) is 13.2 Å². The molecule has 0 spiro atoms. The number of hydrogen-bond acceptors (Lipinski definition) is 2. The summed E-state index contributed by atoms with van der Waals surface area (Å²) in [5.41, 5.74) is 5.47. The number of amides is 1. The number of carbonyl (C=O) groups is 1. The van der Waals surface area contributed by atoms with Gasteiger partial charge in [0.15, 0.2) is 5.91 Å². The molecule has 0 bridgehead atoms. The molecule has 2 N–H and O–H groups in total. The molecule has 0 saturated carbocycles. The van der Waals surface area contributed by atoms with E-state index in [9.17, 15) is 18.0 Å². The Morgan fingerprint density at radius 2 is 0.929 bits per heavy atom. The summed E-state index contributed by atoms with van der Waals surface area (Å²) in [7, 11) is -2.88. The fraction of sp³-hybridized carbons (Fsp3) is 0.0500. The van der Waals surface area contributed by atoms with Crippen molar-refractivity contribution in [2.24, 2.45) is 0 Å². The molecule has 0 heterocycles. The molecular formula is C20H17F3NO2SiZn-. The summed E-state index contributed by atoms with van der Waals surface area (Å²) in [6.07, 6.45) is -4.97. The van der Waals surface area contributed by atoms with Crippen LogP contribution in [0.15, 0.2) is 91.0 Å². The number of carbonyl (C=O) groups excluding carboxylic acids is 1. The van der Waals surface area contributed by atoms with Crippen molar-refractivity contribution in [2.45, 2.75) is 6.18 Å². The molecule has 3 aromatic rings. The molecule has 3 nitrogen and oxygen atoms in total. The third-order valence-electron chi connectivity index (χ3n) is 3.83. The number of nitrogens with one attached hydrogen (secondary N) is 1. The van der Waals surface area contributed by atoms with E-state index in [0.717, 1.165) is 15.6 Å². The quantitative estimate of drug-likeness (QED) is 0.490. The van der Waals surface area contributed by atoms with E-state index in [1.807, 2.05) is 91.0 Å². The van der Waals surface area contributed by atoms with Gasteiger partial charge in [-0.2, -0.15) is 13.2 Å². The van der Waals surface area contributed by atoms with Crippen molar-refractivity contribution in [3.05, 3.63) is 96.7 Å². The van der Waals surface area contributed by atoms with E-state index in [-0.39, 0.29) is 19.5 Å². The number of rotatable bonds is 3. The van der Waals surface area contributed by atoms with Crippen molar-refractivity contribution in [1.82, 2.24) is 0 Å². The van der Waals surface area contributed by atoms with Crippen LogP contribution >= 0.6 is 0 Å². The maximum Gasteiger partial charge on any atom is 0.432 e. The summed E-state index contributed by atoms with van der Waals surface area (Å²) in [6, 6.07) is 30.0. The largest absolute Gasteiger partial charge is 0.660 e. The molecular weight excluding hydrogens is 437 g/mol. The van der Waals surface area contributed by atoms with E-state index < -0.39 is 20.4 Å². The Hall–Kier alpha value is -2.28. The number of hydrogen-bond donors (Lipinski definition) is 1. The van der Waals surface area contributed by atoms with Crippen molar-refractivity contribution < 1.29 is 42.2 Å². The van der Waals surface area contributed by atoms with E-state index >= 15 is 0 Å². The summed E-state index contributed by atoms with van der Waals surface area (Å²) in [5, 5.41) is 3.03. The van der Waals surface area contributed by atoms with Gasteiger partial charge in [0, 0.05) is 19.5 Å². The second kappa shape index (κ2) is 10.3. The molecule has 1 amide bonds. The van der Waals surface area contributed by atoms with E-state index in [1.165, 1.54) is 0 Å². The standard InChI is InChI=1S/C18H16OSi.C2H2F3NO.Zn/c19-20(16-10-4-1-5-11-16,17-12-6-2-7-13-17)18-14-8-3-9-15-18;3-2(4,5)1(6)7;/h1-15,19H;(H2,6,7);/p-1. The average Bonchev–Trinajstić information content (AvgIpc) is 2.69. The average molecular weight is 454 g/mol. The fourth-order valence-corrected chi connectivity index (χ4v) is 5.56. The van der Waals surface area contributed by atoms with E-state index in [2.05, 4.69) is 0 Å². The Kier molecular flexibility index (Phi) is 8.75. The molecule has 3 rings (SSSR count). The molecule has 0 saturated heterocycles. The zero-order valence-electron chi connectivity index (χ0n) is 14.9. The van der Waals surface area contributed by atoms with Gasteiger partial charge < -0.3 is 15.3 Å². The van der Waals surface area contributed by atoms with Crippen LogP contribution in [0.1, 0.15) is 0 Å². The second-order valence-electron chi connectivity index (χ2n) is 5.64. The molecule has 0 aromatic heterocycles. The van der Waals surface area contributed by atoms with Crippen LogP contribution in [0.5, 0.6) is 0 Å². The molecule has 3 aromatic carbocycles. The van der Waals surface area contributed by atoms with Gasteiger partial charge in [0.25, 0.3) is 8.32 Å². The van der Waals surface area contributed by atoms with Crippen LogP contribution in [0, 0.1) is 0 Å². The first kappa shape index (κ1) is 23.8. The van der Waals surface area contributed by atoms with Gasteiger partial charge in [-0.25, -0.2) is 0 Å². The predicted octanol–water partition coefficient (Wildman–Crippen LogP) is 2.77. The van der Waals surface area contributed by atoms with Crippen LogP contribution < -0.4 is 15.6 Å². The second-order valence-corrected chi connectivity index (χ2v) is 8.79. The minimum Gasteiger partial charge on any atom is -0.660 e. The summed E-state index contributed by atoms with van der Waals surface area (Å²) in [5.74, 6) is -2.51. The van der Waals surface area contributed by atoms with Crippen molar-refractivity contribution in [2.75, 3.05) is 0 Å². The molecule has 0 radical (unpaired) electrons. The van der Waals surface area contributed by atoms with Gasteiger partial charge in [-0.05, 0) is 15.6 Å². The smallest absolute Gasteiger partial charge is 0.432 e. The van der Waals surface area contributed by atoms with E-state index in [0.29, 0.717) is 0 Å². The maximum atomic E-state index is 11.6. The first-order valence-corrected chi connectivity index (χ1v) is 9.92. The van der Waals surface area contributed by atoms with Crippen molar-refractivity contribution in [3.8, 4) is 0 Å². The monoisotopic (exact) mass is 452 g/mol. The zero-order valence-corrected chi connectivity index (χ0v) is 18.8. The Bertz CT molecular complexity index is 766. The molecule has 0 fully saturated rings. The van der Waals surface area contributed by atoms with Gasteiger partial charge in [0.2, 0.25) is 0 Å². The topological polar surface area (TPSA) is 61.1 Å². The third kappa shape index (κ3) is 5.86. The minimum atomic E-state index is -4.97. The first-order valence-electron chi connectivity index (χ1n) is 7.98. The van der Waals surface area contributed by atoms with E-state index in [1.54, 1.807) is 0 Å². The first-order chi connectivity index (χ1) is 12.8. The molecule has 0 aliphatic heterocycles. The van der Waals surface area contributed by atoms with Crippen molar-refractivity contribution in [1.29, 1.82) is 0 Å². The normalized spacial score (nSPS) is 10.9. The molecule has 0 atom stereocenters. The summed E-state index contributed by atoms with van der Waals surface area (Å²) in [6.45, 7) is 0. The van der Waals surface area contributed by atoms with Gasteiger partial charge >= 0.3 is 6.18 Å². The number of benzene rings is 3. The Morgan fingerprint density at radius 3 is 1.11 bits per heavy atom. The summed E-state index contributed by atoms with van der Waals surface area (Å²) < 4.78 is 31.9. The van der Waals surface area contributed by atoms with Gasteiger partial charge in [0.1, 0.15) is 0 Å². The van der Waals surface area contributed by atoms with Gasteiger partial charge in [-0.15, -0.1) is 0 Å². The van der Waals surface area contributed by atoms with Crippen LogP contribution in [0.3, 0.4) is 0 Å².